The van der Waals surface area contributed by atoms with Crippen molar-refractivity contribution in [3.8, 4) is 0 Å². The predicted octanol–water partition coefficient (Wildman–Crippen LogP) is 3.74. The zero-order chi connectivity index (χ0) is 11.4. The summed E-state index contributed by atoms with van der Waals surface area (Å²) in [5.74, 6) is 0. The predicted molar refractivity (Wildman–Crippen MR) is 67.9 cm³/mol. The molecule has 2 rings (SSSR count). The molecule has 0 radical (unpaired) electrons. The van der Waals surface area contributed by atoms with Gasteiger partial charge in [0.1, 0.15) is 0 Å². The molecule has 1 aromatic carbocycles. The Balaban J connectivity index is 2.26. The molecule has 0 aliphatic carbocycles. The Morgan fingerprint density at radius 1 is 1.44 bits per heavy atom. The smallest absolute Gasteiger partial charge is 0.154 e. The fraction of sp³-hybridized carbons (Fsp3) is 0.250. The van der Waals surface area contributed by atoms with Crippen LogP contribution in [-0.4, -0.2) is 10.1 Å². The molecule has 1 heterocycles. The Morgan fingerprint density at radius 3 is 2.94 bits per heavy atom. The van der Waals surface area contributed by atoms with E-state index in [9.17, 15) is 5.11 Å². The van der Waals surface area contributed by atoms with Crippen molar-refractivity contribution in [2.45, 2.75) is 28.7 Å². The minimum atomic E-state index is -0.385. The van der Waals surface area contributed by atoms with Crippen LogP contribution >= 0.6 is 23.1 Å². The molecule has 0 saturated heterocycles. The third-order valence-corrected chi connectivity index (χ3v) is 4.25. The van der Waals surface area contributed by atoms with E-state index in [0.717, 1.165) is 21.2 Å². The lowest BCUT2D eigenvalue weighted by Crippen LogP contribution is -1.96. The Kier molecular flexibility index (Phi) is 3.98. The molecule has 2 aromatic rings. The van der Waals surface area contributed by atoms with Crippen molar-refractivity contribution in [2.75, 3.05) is 0 Å². The molecule has 4 heteroatoms. The van der Waals surface area contributed by atoms with E-state index in [-0.39, 0.29) is 6.10 Å². The SMILES string of the molecule is CCC(O)c1ccccc1Sc1nccs1. The normalized spacial score (nSPS) is 12.6. The third-order valence-electron chi connectivity index (χ3n) is 2.27. The minimum absolute atomic E-state index is 0.385. The molecule has 0 saturated carbocycles. The topological polar surface area (TPSA) is 33.1 Å². The Morgan fingerprint density at radius 2 is 2.25 bits per heavy atom. The maximum atomic E-state index is 9.91. The van der Waals surface area contributed by atoms with E-state index >= 15 is 0 Å². The summed E-state index contributed by atoms with van der Waals surface area (Å²) < 4.78 is 1.01. The van der Waals surface area contributed by atoms with Crippen LogP contribution in [0.25, 0.3) is 0 Å². The number of hydrogen-bond acceptors (Lipinski definition) is 4. The highest BCUT2D eigenvalue weighted by Crippen LogP contribution is 2.34. The van der Waals surface area contributed by atoms with Gasteiger partial charge in [0.2, 0.25) is 0 Å². The van der Waals surface area contributed by atoms with Crippen molar-refractivity contribution < 1.29 is 5.11 Å². The summed E-state index contributed by atoms with van der Waals surface area (Å²) in [4.78, 5) is 5.33. The van der Waals surface area contributed by atoms with E-state index in [2.05, 4.69) is 4.98 Å². The van der Waals surface area contributed by atoms with Crippen LogP contribution in [0.15, 0.2) is 45.1 Å². The summed E-state index contributed by atoms with van der Waals surface area (Å²) in [7, 11) is 0. The summed E-state index contributed by atoms with van der Waals surface area (Å²) in [5.41, 5.74) is 0.991. The number of nitrogens with zero attached hydrogens (tertiary/aromatic N) is 1. The zero-order valence-electron chi connectivity index (χ0n) is 8.96. The van der Waals surface area contributed by atoms with Crippen LogP contribution in [0.3, 0.4) is 0 Å². The van der Waals surface area contributed by atoms with Gasteiger partial charge in [-0.2, -0.15) is 0 Å². The summed E-state index contributed by atoms with van der Waals surface area (Å²) in [5, 5.41) is 11.9. The number of rotatable bonds is 4. The summed E-state index contributed by atoms with van der Waals surface area (Å²) in [6.45, 7) is 1.98. The van der Waals surface area contributed by atoms with E-state index in [1.807, 2.05) is 36.6 Å². The first-order valence-corrected chi connectivity index (χ1v) is 6.85. The fourth-order valence-corrected chi connectivity index (χ4v) is 3.18. The standard InChI is InChI=1S/C12H13NOS2/c1-2-10(14)9-5-3-4-6-11(9)16-12-13-7-8-15-12/h3-8,10,14H,2H2,1H3. The van der Waals surface area contributed by atoms with Gasteiger partial charge in [-0.3, -0.25) is 0 Å². The molecule has 0 fully saturated rings. The van der Waals surface area contributed by atoms with Crippen LogP contribution in [0.4, 0.5) is 0 Å². The van der Waals surface area contributed by atoms with Gasteiger partial charge < -0.3 is 5.11 Å². The molecule has 84 valence electrons. The summed E-state index contributed by atoms with van der Waals surface area (Å²) >= 11 is 3.23. The van der Waals surface area contributed by atoms with Gasteiger partial charge in [-0.25, -0.2) is 4.98 Å². The Labute approximate surface area is 103 Å². The first-order valence-electron chi connectivity index (χ1n) is 5.15. The van der Waals surface area contributed by atoms with Gasteiger partial charge >= 0.3 is 0 Å². The van der Waals surface area contributed by atoms with Crippen LogP contribution in [0.1, 0.15) is 25.0 Å². The van der Waals surface area contributed by atoms with Crippen molar-refractivity contribution in [2.24, 2.45) is 0 Å². The lowest BCUT2D eigenvalue weighted by Gasteiger charge is -2.12. The van der Waals surface area contributed by atoms with Crippen molar-refractivity contribution in [1.29, 1.82) is 0 Å². The molecule has 1 aromatic heterocycles. The van der Waals surface area contributed by atoms with E-state index in [0.29, 0.717) is 0 Å². The quantitative estimate of drug-likeness (QED) is 0.898. The molecule has 0 aliphatic heterocycles. The van der Waals surface area contributed by atoms with Crippen molar-refractivity contribution in [3.05, 3.63) is 41.4 Å². The van der Waals surface area contributed by atoms with Crippen LogP contribution in [-0.2, 0) is 0 Å². The van der Waals surface area contributed by atoms with E-state index in [1.54, 1.807) is 29.3 Å². The van der Waals surface area contributed by atoms with Gasteiger partial charge in [-0.1, -0.05) is 36.9 Å². The van der Waals surface area contributed by atoms with Gasteiger partial charge in [0.05, 0.1) is 6.10 Å². The lowest BCUT2D eigenvalue weighted by molar-refractivity contribution is 0.171. The highest BCUT2D eigenvalue weighted by molar-refractivity contribution is 8.01. The fourth-order valence-electron chi connectivity index (χ4n) is 1.42. The molecule has 0 bridgehead atoms. The van der Waals surface area contributed by atoms with Crippen LogP contribution < -0.4 is 0 Å². The largest absolute Gasteiger partial charge is 0.388 e. The number of aromatic nitrogens is 1. The second-order valence-electron chi connectivity index (χ2n) is 3.36. The highest BCUT2D eigenvalue weighted by atomic mass is 32.2. The molecule has 2 nitrogen and oxygen atoms in total. The number of hydrogen-bond donors (Lipinski definition) is 1. The molecular formula is C12H13NOS2. The Bertz CT molecular complexity index is 442. The number of aliphatic hydroxyl groups is 1. The Hall–Kier alpha value is -0.840. The zero-order valence-corrected chi connectivity index (χ0v) is 10.6. The molecule has 1 unspecified atom stereocenters. The highest BCUT2D eigenvalue weighted by Gasteiger charge is 2.11. The van der Waals surface area contributed by atoms with Crippen LogP contribution in [0.2, 0.25) is 0 Å². The van der Waals surface area contributed by atoms with Crippen LogP contribution in [0, 0.1) is 0 Å². The maximum Gasteiger partial charge on any atom is 0.154 e. The summed E-state index contributed by atoms with van der Waals surface area (Å²) in [6.07, 6.45) is 2.14. The summed E-state index contributed by atoms with van der Waals surface area (Å²) in [6, 6.07) is 7.95. The lowest BCUT2D eigenvalue weighted by atomic mass is 10.1. The second-order valence-corrected chi connectivity index (χ2v) is 5.55. The number of aliphatic hydroxyl groups excluding tert-OH is 1. The van der Waals surface area contributed by atoms with Crippen LogP contribution in [0.5, 0.6) is 0 Å². The average molecular weight is 251 g/mol. The van der Waals surface area contributed by atoms with Gasteiger partial charge in [0.25, 0.3) is 0 Å². The number of thiazole rings is 1. The van der Waals surface area contributed by atoms with E-state index in [1.165, 1.54) is 0 Å². The third kappa shape index (κ3) is 2.64. The monoisotopic (exact) mass is 251 g/mol. The van der Waals surface area contributed by atoms with E-state index in [4.69, 9.17) is 0 Å². The molecule has 1 atom stereocenters. The maximum absolute atomic E-state index is 9.91. The molecular weight excluding hydrogens is 238 g/mol. The first kappa shape index (κ1) is 11.6. The van der Waals surface area contributed by atoms with Gasteiger partial charge in [0.15, 0.2) is 4.34 Å². The van der Waals surface area contributed by atoms with Crippen molar-refractivity contribution in [3.63, 3.8) is 0 Å². The molecule has 16 heavy (non-hydrogen) atoms. The molecule has 0 aliphatic rings. The number of benzene rings is 1. The van der Waals surface area contributed by atoms with Gasteiger partial charge in [0, 0.05) is 16.5 Å². The first-order chi connectivity index (χ1) is 7.81. The average Bonchev–Trinajstić information content (AvgIpc) is 2.82. The van der Waals surface area contributed by atoms with Gasteiger partial charge in [-0.15, -0.1) is 11.3 Å². The van der Waals surface area contributed by atoms with Crippen molar-refractivity contribution in [1.82, 2.24) is 4.98 Å². The molecule has 0 amide bonds. The molecule has 1 N–H and O–H groups in total. The molecule has 0 spiro atoms. The van der Waals surface area contributed by atoms with E-state index < -0.39 is 0 Å². The minimum Gasteiger partial charge on any atom is -0.388 e. The van der Waals surface area contributed by atoms with Gasteiger partial charge in [-0.05, 0) is 18.1 Å². The van der Waals surface area contributed by atoms with Crippen molar-refractivity contribution >= 4 is 23.1 Å². The second kappa shape index (κ2) is 5.48.